The van der Waals surface area contributed by atoms with Crippen molar-refractivity contribution in [2.45, 2.75) is 51.9 Å². The molecule has 4 aromatic rings. The molecule has 40 heavy (non-hydrogen) atoms. The van der Waals surface area contributed by atoms with Crippen molar-refractivity contribution in [2.24, 2.45) is 0 Å². The number of halogens is 2. The number of amides is 1. The second-order valence-corrected chi connectivity index (χ2v) is 11.4. The lowest BCUT2D eigenvalue weighted by Gasteiger charge is -2.37. The van der Waals surface area contributed by atoms with Crippen molar-refractivity contribution >= 4 is 40.5 Å². The zero-order chi connectivity index (χ0) is 28.3. The molecule has 10 heteroatoms. The Labute approximate surface area is 242 Å². The zero-order valence-corrected chi connectivity index (χ0v) is 24.3. The van der Waals surface area contributed by atoms with Crippen molar-refractivity contribution in [1.82, 2.24) is 14.5 Å². The number of imidazole rings is 1. The van der Waals surface area contributed by atoms with Gasteiger partial charge in [-0.05, 0) is 58.0 Å². The smallest absolute Gasteiger partial charge is 0.261 e. The molecule has 1 amide bonds. The van der Waals surface area contributed by atoms with Gasteiger partial charge in [0.25, 0.3) is 5.91 Å². The molecule has 8 nitrogen and oxygen atoms in total. The maximum Gasteiger partial charge on any atom is 0.261 e. The molecule has 4 heterocycles. The number of ether oxygens (including phenoxy) is 2. The number of hydrogen-bond acceptors (Lipinski definition) is 6. The summed E-state index contributed by atoms with van der Waals surface area (Å²) in [6.07, 6.45) is 1.69. The number of aromatic nitrogens is 3. The SMILES string of the molecule is COc1cc(OC(C)C)ncc1-c1nc2c(n1C(C)C)C1(C(=O)Nc3cc(Cl)ccc31)N(c1cccc(Cl)c1)C2. The second-order valence-electron chi connectivity index (χ2n) is 10.5. The van der Waals surface area contributed by atoms with E-state index in [2.05, 4.69) is 33.6 Å². The summed E-state index contributed by atoms with van der Waals surface area (Å²) in [6, 6.07) is 14.8. The summed E-state index contributed by atoms with van der Waals surface area (Å²) in [6.45, 7) is 8.43. The second kappa shape index (κ2) is 9.71. The van der Waals surface area contributed by atoms with Gasteiger partial charge in [-0.25, -0.2) is 9.97 Å². The zero-order valence-electron chi connectivity index (χ0n) is 22.8. The molecular weight excluding hydrogens is 549 g/mol. The highest BCUT2D eigenvalue weighted by Crippen LogP contribution is 2.54. The first kappa shape index (κ1) is 26.5. The fraction of sp³-hybridized carbons (Fsp3) is 0.300. The third-order valence-corrected chi connectivity index (χ3v) is 7.75. The average Bonchev–Trinajstić information content (AvgIpc) is 3.52. The number of hydrogen-bond donors (Lipinski definition) is 1. The maximum absolute atomic E-state index is 14.3. The number of methoxy groups -OCH3 is 1. The first-order valence-electron chi connectivity index (χ1n) is 13.1. The van der Waals surface area contributed by atoms with Gasteiger partial charge in [-0.1, -0.05) is 35.3 Å². The minimum atomic E-state index is -1.20. The highest BCUT2D eigenvalue weighted by atomic mass is 35.5. The van der Waals surface area contributed by atoms with Gasteiger partial charge in [0.1, 0.15) is 11.6 Å². The summed E-state index contributed by atoms with van der Waals surface area (Å²) >= 11 is 12.8. The van der Waals surface area contributed by atoms with Gasteiger partial charge < -0.3 is 24.3 Å². The molecular formula is C30H29Cl2N5O3. The van der Waals surface area contributed by atoms with Crippen LogP contribution in [0, 0.1) is 0 Å². The highest BCUT2D eigenvalue weighted by molar-refractivity contribution is 6.31. The third kappa shape index (κ3) is 3.92. The number of nitrogens with zero attached hydrogens (tertiary/aromatic N) is 4. The Kier molecular flexibility index (Phi) is 6.43. The maximum atomic E-state index is 14.3. The number of carbonyl (C=O) groups is 1. The molecule has 1 spiro atoms. The molecule has 1 N–H and O–H groups in total. The van der Waals surface area contributed by atoms with Crippen LogP contribution in [0.5, 0.6) is 11.6 Å². The van der Waals surface area contributed by atoms with Gasteiger partial charge >= 0.3 is 0 Å². The summed E-state index contributed by atoms with van der Waals surface area (Å²) < 4.78 is 13.7. The van der Waals surface area contributed by atoms with E-state index in [4.69, 9.17) is 37.7 Å². The number of fused-ring (bicyclic) bond motifs is 4. The quantitative estimate of drug-likeness (QED) is 0.270. The van der Waals surface area contributed by atoms with Gasteiger partial charge in [0.05, 0.1) is 36.7 Å². The number of anilines is 2. The van der Waals surface area contributed by atoms with E-state index < -0.39 is 5.54 Å². The Hall–Kier alpha value is -3.75. The molecule has 0 aliphatic carbocycles. The minimum Gasteiger partial charge on any atom is -0.496 e. The highest BCUT2D eigenvalue weighted by Gasteiger charge is 2.60. The van der Waals surface area contributed by atoms with Gasteiger partial charge in [-0.2, -0.15) is 0 Å². The summed E-state index contributed by atoms with van der Waals surface area (Å²) in [5, 5.41) is 4.22. The number of benzene rings is 2. The van der Waals surface area contributed by atoms with Crippen LogP contribution >= 0.6 is 23.2 Å². The fourth-order valence-electron chi connectivity index (χ4n) is 5.83. The predicted molar refractivity (Wildman–Crippen MR) is 157 cm³/mol. The van der Waals surface area contributed by atoms with Crippen LogP contribution < -0.4 is 19.7 Å². The van der Waals surface area contributed by atoms with Gasteiger partial charge in [-0.3, -0.25) is 4.79 Å². The van der Waals surface area contributed by atoms with Crippen molar-refractivity contribution in [1.29, 1.82) is 0 Å². The summed E-state index contributed by atoms with van der Waals surface area (Å²) in [5.74, 6) is 1.54. The first-order valence-corrected chi connectivity index (χ1v) is 13.9. The molecule has 2 aliphatic rings. The summed E-state index contributed by atoms with van der Waals surface area (Å²) in [5.41, 5.74) is 3.38. The van der Waals surface area contributed by atoms with E-state index in [1.165, 1.54) is 0 Å². The predicted octanol–water partition coefficient (Wildman–Crippen LogP) is 6.84. The Morgan fingerprint density at radius 3 is 2.52 bits per heavy atom. The van der Waals surface area contributed by atoms with Crippen LogP contribution in [0.15, 0.2) is 54.7 Å². The lowest BCUT2D eigenvalue weighted by atomic mass is 9.87. The van der Waals surface area contributed by atoms with Crippen molar-refractivity contribution in [2.75, 3.05) is 17.3 Å². The molecule has 0 bridgehead atoms. The Balaban J connectivity index is 1.62. The van der Waals surface area contributed by atoms with Crippen LogP contribution in [0.4, 0.5) is 11.4 Å². The normalized spacial score (nSPS) is 17.5. The molecule has 206 valence electrons. The number of nitrogens with one attached hydrogen (secondary N) is 1. The number of rotatable bonds is 6. The molecule has 1 atom stereocenters. The molecule has 0 saturated heterocycles. The van der Waals surface area contributed by atoms with E-state index in [1.807, 2.05) is 50.2 Å². The van der Waals surface area contributed by atoms with Crippen molar-refractivity contribution in [3.05, 3.63) is 81.7 Å². The van der Waals surface area contributed by atoms with Gasteiger partial charge in [0.2, 0.25) is 5.88 Å². The lowest BCUT2D eigenvalue weighted by Crippen LogP contribution is -2.49. The van der Waals surface area contributed by atoms with Crippen molar-refractivity contribution in [3.63, 3.8) is 0 Å². The topological polar surface area (TPSA) is 81.5 Å². The first-order chi connectivity index (χ1) is 19.1. The Bertz CT molecular complexity index is 1650. The van der Waals surface area contributed by atoms with Crippen LogP contribution in [0.2, 0.25) is 10.0 Å². The van der Waals surface area contributed by atoms with Crippen LogP contribution in [0.25, 0.3) is 11.4 Å². The summed E-state index contributed by atoms with van der Waals surface area (Å²) in [7, 11) is 1.61. The molecule has 2 aromatic carbocycles. The van der Waals surface area contributed by atoms with Crippen molar-refractivity contribution in [3.8, 4) is 23.0 Å². The molecule has 2 aromatic heterocycles. The van der Waals surface area contributed by atoms with Gasteiger partial charge in [0.15, 0.2) is 5.54 Å². The van der Waals surface area contributed by atoms with E-state index in [9.17, 15) is 4.79 Å². The number of carbonyl (C=O) groups excluding carboxylic acids is 1. The molecule has 0 fully saturated rings. The fourth-order valence-corrected chi connectivity index (χ4v) is 6.18. The third-order valence-electron chi connectivity index (χ3n) is 7.28. The van der Waals surface area contributed by atoms with E-state index in [0.29, 0.717) is 45.3 Å². The van der Waals surface area contributed by atoms with Gasteiger partial charge in [0, 0.05) is 45.3 Å². The van der Waals surface area contributed by atoms with Gasteiger partial charge in [-0.15, -0.1) is 0 Å². The van der Waals surface area contributed by atoms with Crippen LogP contribution in [-0.2, 0) is 16.9 Å². The molecule has 6 rings (SSSR count). The van der Waals surface area contributed by atoms with E-state index >= 15 is 0 Å². The van der Waals surface area contributed by atoms with E-state index in [-0.39, 0.29) is 18.1 Å². The minimum absolute atomic E-state index is 0.0312. The average molecular weight is 579 g/mol. The molecule has 2 aliphatic heterocycles. The molecule has 1 unspecified atom stereocenters. The monoisotopic (exact) mass is 577 g/mol. The van der Waals surface area contributed by atoms with Crippen LogP contribution in [0.3, 0.4) is 0 Å². The molecule has 0 radical (unpaired) electrons. The lowest BCUT2D eigenvalue weighted by molar-refractivity contribution is -0.119. The summed E-state index contributed by atoms with van der Waals surface area (Å²) in [4.78, 5) is 26.0. The van der Waals surface area contributed by atoms with Crippen LogP contribution in [0.1, 0.15) is 50.7 Å². The van der Waals surface area contributed by atoms with E-state index in [0.717, 1.165) is 22.6 Å². The standard InChI is InChI=1S/C30H29Cl2N5O3/c1-16(2)37-27-24(34-28(37)21-14-33-26(40-17(3)4)13-25(21)39-5)15-36(20-8-6-7-18(31)11-20)30(27)22-10-9-19(32)12-23(22)35-29(30)38/h6-14,16-17H,15H2,1-5H3,(H,35,38). The Morgan fingerprint density at radius 1 is 1.05 bits per heavy atom. The molecule has 0 saturated carbocycles. The van der Waals surface area contributed by atoms with Crippen molar-refractivity contribution < 1.29 is 14.3 Å². The van der Waals surface area contributed by atoms with E-state index in [1.54, 1.807) is 25.4 Å². The largest absolute Gasteiger partial charge is 0.496 e. The Morgan fingerprint density at radius 2 is 1.82 bits per heavy atom. The number of pyridine rings is 1. The van der Waals surface area contributed by atoms with Crippen LogP contribution in [-0.4, -0.2) is 33.7 Å².